The number of hydrogen-bond acceptors (Lipinski definition) is 2. The zero-order valence-corrected chi connectivity index (χ0v) is 7.01. The second-order valence-electron chi connectivity index (χ2n) is 1.54. The number of amides is 1. The van der Waals surface area contributed by atoms with Crippen LogP contribution in [0, 0.1) is 0 Å². The zero-order chi connectivity index (χ0) is 8.69. The van der Waals surface area contributed by atoms with E-state index < -0.39 is 0 Å². The van der Waals surface area contributed by atoms with Gasteiger partial charge in [-0.2, -0.15) is 0 Å². The van der Waals surface area contributed by atoms with Gasteiger partial charge < -0.3 is 10.3 Å². The van der Waals surface area contributed by atoms with Crippen molar-refractivity contribution in [3.63, 3.8) is 0 Å². The molecule has 0 fully saturated rings. The Morgan fingerprint density at radius 2 is 2.27 bits per heavy atom. The molecule has 1 heterocycles. The lowest BCUT2D eigenvalue weighted by molar-refractivity contribution is 0.0958. The van der Waals surface area contributed by atoms with Crippen LogP contribution in [-0.2, 0) is 0 Å². The molecule has 0 bridgehead atoms. The first-order valence-electron chi connectivity index (χ1n) is 3.55. The number of carbonyl (C=O) groups excluding carboxylic acids is 1. The average Bonchev–Trinajstić information content (AvgIpc) is 2.59. The van der Waals surface area contributed by atoms with Crippen molar-refractivity contribution in [3.05, 3.63) is 18.2 Å². The lowest BCUT2D eigenvalue weighted by Crippen LogP contribution is -2.17. The maximum Gasteiger partial charge on any atom is 0.269 e. The van der Waals surface area contributed by atoms with Crippen LogP contribution >= 0.6 is 0 Å². The monoisotopic (exact) mass is 155 g/mol. The number of aromatic amines is 1. The van der Waals surface area contributed by atoms with Crippen molar-refractivity contribution >= 4 is 5.91 Å². The third-order valence-corrected chi connectivity index (χ3v) is 0.970. The Kier molecular flexibility index (Phi) is 4.81. The average molecular weight is 155 g/mol. The molecular weight excluding hydrogens is 142 g/mol. The summed E-state index contributed by atoms with van der Waals surface area (Å²) in [6, 6.07) is 0. The van der Waals surface area contributed by atoms with E-state index in [2.05, 4.69) is 15.3 Å². The lowest BCUT2D eigenvalue weighted by atomic mass is 10.4. The SMILES string of the molecule is CC.CNC(=O)c1cnc[nH]1. The Balaban J connectivity index is 0.000000461. The van der Waals surface area contributed by atoms with E-state index in [1.807, 2.05) is 13.8 Å². The van der Waals surface area contributed by atoms with Crippen LogP contribution in [0.15, 0.2) is 12.5 Å². The van der Waals surface area contributed by atoms with Crippen LogP contribution in [0.1, 0.15) is 24.3 Å². The predicted octanol–water partition coefficient (Wildman–Crippen LogP) is 0.795. The van der Waals surface area contributed by atoms with Gasteiger partial charge in [0.2, 0.25) is 0 Å². The highest BCUT2D eigenvalue weighted by molar-refractivity contribution is 5.91. The van der Waals surface area contributed by atoms with E-state index in [0.29, 0.717) is 5.69 Å². The van der Waals surface area contributed by atoms with Crippen LogP contribution < -0.4 is 5.32 Å². The van der Waals surface area contributed by atoms with Crippen LogP contribution in [-0.4, -0.2) is 22.9 Å². The van der Waals surface area contributed by atoms with Crippen molar-refractivity contribution in [2.75, 3.05) is 7.05 Å². The molecule has 1 aromatic heterocycles. The summed E-state index contributed by atoms with van der Waals surface area (Å²) in [4.78, 5) is 17.0. The third-order valence-electron chi connectivity index (χ3n) is 0.970. The van der Waals surface area contributed by atoms with Gasteiger partial charge in [0.05, 0.1) is 12.5 Å². The van der Waals surface area contributed by atoms with Gasteiger partial charge in [-0.25, -0.2) is 4.98 Å². The molecule has 4 nitrogen and oxygen atoms in total. The number of nitrogens with zero attached hydrogens (tertiary/aromatic N) is 1. The van der Waals surface area contributed by atoms with Crippen LogP contribution in [0.25, 0.3) is 0 Å². The van der Waals surface area contributed by atoms with Gasteiger partial charge in [-0.1, -0.05) is 13.8 Å². The molecule has 2 N–H and O–H groups in total. The number of aromatic nitrogens is 2. The van der Waals surface area contributed by atoms with Crippen molar-refractivity contribution in [2.24, 2.45) is 0 Å². The second-order valence-corrected chi connectivity index (χ2v) is 1.54. The molecule has 0 aromatic carbocycles. The first-order valence-corrected chi connectivity index (χ1v) is 3.55. The third kappa shape index (κ3) is 2.84. The van der Waals surface area contributed by atoms with Crippen molar-refractivity contribution in [1.29, 1.82) is 0 Å². The highest BCUT2D eigenvalue weighted by atomic mass is 16.1. The molecule has 1 aromatic rings. The quantitative estimate of drug-likeness (QED) is 0.630. The van der Waals surface area contributed by atoms with Gasteiger partial charge in [0.15, 0.2) is 0 Å². The summed E-state index contributed by atoms with van der Waals surface area (Å²) in [7, 11) is 1.57. The topological polar surface area (TPSA) is 57.8 Å². The molecule has 4 heteroatoms. The molecule has 0 atom stereocenters. The fourth-order valence-electron chi connectivity index (χ4n) is 0.515. The van der Waals surface area contributed by atoms with Gasteiger partial charge in [-0.3, -0.25) is 4.79 Å². The smallest absolute Gasteiger partial charge is 0.269 e. The van der Waals surface area contributed by atoms with E-state index in [1.54, 1.807) is 7.05 Å². The highest BCUT2D eigenvalue weighted by Gasteiger charge is 2.00. The van der Waals surface area contributed by atoms with E-state index in [0.717, 1.165) is 0 Å². The minimum absolute atomic E-state index is 0.146. The molecule has 0 aliphatic heterocycles. The van der Waals surface area contributed by atoms with Gasteiger partial charge in [-0.05, 0) is 0 Å². The minimum Gasteiger partial charge on any atom is -0.354 e. The van der Waals surface area contributed by atoms with Crippen LogP contribution in [0.5, 0.6) is 0 Å². The summed E-state index contributed by atoms with van der Waals surface area (Å²) in [5, 5.41) is 2.46. The van der Waals surface area contributed by atoms with E-state index >= 15 is 0 Å². The first kappa shape index (κ1) is 9.68. The summed E-state index contributed by atoms with van der Waals surface area (Å²) in [6.07, 6.45) is 2.93. The summed E-state index contributed by atoms with van der Waals surface area (Å²) in [5.41, 5.74) is 0.484. The summed E-state index contributed by atoms with van der Waals surface area (Å²) in [6.45, 7) is 4.00. The molecule has 62 valence electrons. The number of H-pyrrole nitrogens is 1. The molecule has 1 amide bonds. The van der Waals surface area contributed by atoms with Gasteiger partial charge in [0.1, 0.15) is 5.69 Å². The summed E-state index contributed by atoms with van der Waals surface area (Å²) in [5.74, 6) is -0.146. The molecule has 1 rings (SSSR count). The Labute approximate surface area is 66.0 Å². The molecule has 0 spiro atoms. The molecule has 11 heavy (non-hydrogen) atoms. The Morgan fingerprint density at radius 3 is 2.64 bits per heavy atom. The second kappa shape index (κ2) is 5.46. The fourth-order valence-corrected chi connectivity index (χ4v) is 0.515. The summed E-state index contributed by atoms with van der Waals surface area (Å²) >= 11 is 0. The van der Waals surface area contributed by atoms with E-state index in [1.165, 1.54) is 12.5 Å². The summed E-state index contributed by atoms with van der Waals surface area (Å²) < 4.78 is 0. The Bertz CT molecular complexity index is 193. The Hall–Kier alpha value is -1.32. The zero-order valence-electron chi connectivity index (χ0n) is 7.01. The number of rotatable bonds is 1. The van der Waals surface area contributed by atoms with Crippen molar-refractivity contribution < 1.29 is 4.79 Å². The number of nitrogens with one attached hydrogen (secondary N) is 2. The van der Waals surface area contributed by atoms with Crippen LogP contribution in [0.3, 0.4) is 0 Å². The van der Waals surface area contributed by atoms with Gasteiger partial charge in [0.25, 0.3) is 5.91 Å². The molecule has 0 saturated heterocycles. The number of imidazole rings is 1. The Morgan fingerprint density at radius 1 is 1.64 bits per heavy atom. The van der Waals surface area contributed by atoms with Crippen LogP contribution in [0.4, 0.5) is 0 Å². The van der Waals surface area contributed by atoms with Crippen LogP contribution in [0.2, 0.25) is 0 Å². The molecule has 0 radical (unpaired) electrons. The van der Waals surface area contributed by atoms with Crippen molar-refractivity contribution in [1.82, 2.24) is 15.3 Å². The van der Waals surface area contributed by atoms with Crippen molar-refractivity contribution in [2.45, 2.75) is 13.8 Å². The molecule has 0 aliphatic rings. The van der Waals surface area contributed by atoms with Gasteiger partial charge in [-0.15, -0.1) is 0 Å². The fraction of sp³-hybridized carbons (Fsp3) is 0.429. The maximum atomic E-state index is 10.7. The van der Waals surface area contributed by atoms with E-state index in [4.69, 9.17) is 0 Å². The van der Waals surface area contributed by atoms with E-state index in [-0.39, 0.29) is 5.91 Å². The molecular formula is C7H13N3O. The molecule has 0 aliphatic carbocycles. The maximum absolute atomic E-state index is 10.7. The standard InChI is InChI=1S/C5H7N3O.C2H6/c1-6-5(9)4-2-7-3-8-4;1-2/h2-3H,1H3,(H,6,9)(H,7,8);1-2H3. The largest absolute Gasteiger partial charge is 0.354 e. The first-order chi connectivity index (χ1) is 5.34. The van der Waals surface area contributed by atoms with Gasteiger partial charge in [0, 0.05) is 7.05 Å². The normalized spacial score (nSPS) is 7.91. The minimum atomic E-state index is -0.146. The van der Waals surface area contributed by atoms with Gasteiger partial charge >= 0.3 is 0 Å². The highest BCUT2D eigenvalue weighted by Crippen LogP contribution is 1.87. The lowest BCUT2D eigenvalue weighted by Gasteiger charge is -1.90. The molecule has 0 saturated carbocycles. The number of carbonyl (C=O) groups is 1. The van der Waals surface area contributed by atoms with E-state index in [9.17, 15) is 4.79 Å². The number of hydrogen-bond donors (Lipinski definition) is 2. The molecule has 0 unspecified atom stereocenters. The predicted molar refractivity (Wildman–Crippen MR) is 43.3 cm³/mol. The van der Waals surface area contributed by atoms with Crippen molar-refractivity contribution in [3.8, 4) is 0 Å².